The number of nitrogens with zero attached hydrogens (tertiary/aromatic N) is 3. The van der Waals surface area contributed by atoms with Crippen molar-refractivity contribution >= 4 is 48.8 Å². The lowest BCUT2D eigenvalue weighted by Crippen LogP contribution is -2.40. The maximum atomic E-state index is 13.1. The van der Waals surface area contributed by atoms with E-state index in [-0.39, 0.29) is 18.4 Å². The highest BCUT2D eigenvalue weighted by molar-refractivity contribution is 7.91. The normalized spacial score (nSPS) is 20.5. The number of benzene rings is 1. The van der Waals surface area contributed by atoms with Crippen LogP contribution in [0.1, 0.15) is 28.8 Å². The Bertz CT molecular complexity index is 1160. The van der Waals surface area contributed by atoms with E-state index >= 15 is 0 Å². The van der Waals surface area contributed by atoms with Crippen molar-refractivity contribution in [1.82, 2.24) is 14.2 Å². The highest BCUT2D eigenvalue weighted by Gasteiger charge is 2.33. The molecule has 0 bridgehead atoms. The molecule has 10 heteroatoms. The van der Waals surface area contributed by atoms with Gasteiger partial charge in [-0.2, -0.15) is 4.31 Å². The Balaban J connectivity index is 1.30. The molecule has 164 valence electrons. The van der Waals surface area contributed by atoms with Crippen LogP contribution in [0.15, 0.2) is 40.6 Å². The highest BCUT2D eigenvalue weighted by atomic mass is 32.2. The molecule has 31 heavy (non-hydrogen) atoms. The summed E-state index contributed by atoms with van der Waals surface area (Å²) in [4.78, 5) is 20.5. The van der Waals surface area contributed by atoms with E-state index in [2.05, 4.69) is 6.07 Å². The van der Waals surface area contributed by atoms with Gasteiger partial charge in [0, 0.05) is 24.5 Å². The fourth-order valence-electron chi connectivity index (χ4n) is 4.11. The summed E-state index contributed by atoms with van der Waals surface area (Å²) in [6, 6.07) is 11.4. The van der Waals surface area contributed by atoms with Gasteiger partial charge < -0.3 is 9.64 Å². The van der Waals surface area contributed by atoms with Crippen LogP contribution in [0, 0.1) is 0 Å². The van der Waals surface area contributed by atoms with Crippen LogP contribution in [0.4, 0.5) is 0 Å². The second kappa shape index (κ2) is 8.59. The first-order valence-corrected chi connectivity index (χ1v) is 13.4. The Morgan fingerprint density at radius 1 is 1.10 bits per heavy atom. The molecule has 0 unspecified atom stereocenters. The summed E-state index contributed by atoms with van der Waals surface area (Å²) in [5.74, 6) is 0.0268. The van der Waals surface area contributed by atoms with Gasteiger partial charge >= 0.3 is 0 Å². The summed E-state index contributed by atoms with van der Waals surface area (Å²) in [5.41, 5.74) is 0.970. The molecule has 2 aliphatic heterocycles. The number of morpholine rings is 1. The van der Waals surface area contributed by atoms with Gasteiger partial charge in [-0.3, -0.25) is 4.79 Å². The number of hydrogen-bond donors (Lipinski definition) is 0. The zero-order valence-corrected chi connectivity index (χ0v) is 19.3. The van der Waals surface area contributed by atoms with Crippen molar-refractivity contribution in [3.63, 3.8) is 0 Å². The number of carbonyl (C=O) groups is 1. The van der Waals surface area contributed by atoms with Gasteiger partial charge in [0.15, 0.2) is 0 Å². The minimum absolute atomic E-state index is 0.00131. The van der Waals surface area contributed by atoms with Gasteiger partial charge in [-0.25, -0.2) is 13.4 Å². The van der Waals surface area contributed by atoms with Crippen molar-refractivity contribution in [3.8, 4) is 0 Å². The number of rotatable bonds is 5. The lowest BCUT2D eigenvalue weighted by molar-refractivity contribution is -0.131. The summed E-state index contributed by atoms with van der Waals surface area (Å²) in [5, 5.41) is 0.980. The first-order valence-electron chi connectivity index (χ1n) is 10.3. The predicted octanol–water partition coefficient (Wildman–Crippen LogP) is 3.28. The number of hydrogen-bond acceptors (Lipinski definition) is 7. The van der Waals surface area contributed by atoms with Crippen LogP contribution >= 0.6 is 22.7 Å². The molecule has 2 saturated heterocycles. The van der Waals surface area contributed by atoms with Crippen molar-refractivity contribution in [1.29, 1.82) is 0 Å². The monoisotopic (exact) mass is 477 g/mol. The second-order valence-electron chi connectivity index (χ2n) is 7.68. The Hall–Kier alpha value is -1.85. The van der Waals surface area contributed by atoms with E-state index in [1.54, 1.807) is 23.5 Å². The number of aromatic nitrogens is 1. The third-order valence-electron chi connectivity index (χ3n) is 5.70. The quantitative estimate of drug-likeness (QED) is 0.563. The van der Waals surface area contributed by atoms with Crippen molar-refractivity contribution in [2.75, 3.05) is 32.8 Å². The molecule has 2 aromatic heterocycles. The summed E-state index contributed by atoms with van der Waals surface area (Å²) in [6.45, 7) is 2.28. The standard InChI is InChI=1S/C21H23N3O4S3/c25-19(14-15-7-8-20(29-15)31(26,27)23-10-12-28-13-11-23)24-9-3-5-17(24)21-22-16-4-1-2-6-18(16)30-21/h1-2,4,6-8,17H,3,5,9-14H2/t17-/m1/s1. The fraction of sp³-hybridized carbons (Fsp3) is 0.429. The molecule has 5 rings (SSSR count). The number of likely N-dealkylation sites (tertiary alicyclic amines) is 1. The van der Waals surface area contributed by atoms with Crippen molar-refractivity contribution in [2.45, 2.75) is 29.5 Å². The molecule has 0 saturated carbocycles. The predicted molar refractivity (Wildman–Crippen MR) is 121 cm³/mol. The molecular formula is C21H23N3O4S3. The lowest BCUT2D eigenvalue weighted by Gasteiger charge is -2.25. The maximum absolute atomic E-state index is 13.1. The summed E-state index contributed by atoms with van der Waals surface area (Å²) >= 11 is 2.84. The number of thiophene rings is 1. The largest absolute Gasteiger partial charge is 0.379 e. The van der Waals surface area contributed by atoms with Crippen LogP contribution in [0.5, 0.6) is 0 Å². The molecule has 2 fully saturated rings. The Morgan fingerprint density at radius 2 is 1.90 bits per heavy atom. The van der Waals surface area contributed by atoms with E-state index in [0.717, 1.165) is 32.9 Å². The molecule has 1 atom stereocenters. The van der Waals surface area contributed by atoms with Gasteiger partial charge in [-0.15, -0.1) is 22.7 Å². The van der Waals surface area contributed by atoms with Crippen LogP contribution in [0.25, 0.3) is 10.2 Å². The van der Waals surface area contributed by atoms with E-state index in [1.807, 2.05) is 23.1 Å². The van der Waals surface area contributed by atoms with Crippen molar-refractivity contribution in [3.05, 3.63) is 46.3 Å². The average Bonchev–Trinajstić information content (AvgIpc) is 3.52. The van der Waals surface area contributed by atoms with Gasteiger partial charge in [-0.1, -0.05) is 12.1 Å². The maximum Gasteiger partial charge on any atom is 0.252 e. The molecule has 0 N–H and O–H groups in total. The number of para-hydroxylation sites is 1. The summed E-state index contributed by atoms with van der Waals surface area (Å²) < 4.78 is 33.8. The zero-order chi connectivity index (χ0) is 21.4. The van der Waals surface area contributed by atoms with Crippen LogP contribution < -0.4 is 0 Å². The minimum atomic E-state index is -3.53. The first kappa shape index (κ1) is 21.0. The lowest BCUT2D eigenvalue weighted by atomic mass is 10.2. The number of amides is 1. The topological polar surface area (TPSA) is 79.8 Å². The van der Waals surface area contributed by atoms with Gasteiger partial charge in [0.05, 0.1) is 35.9 Å². The number of fused-ring (bicyclic) bond motifs is 1. The zero-order valence-electron chi connectivity index (χ0n) is 16.9. The Kier molecular flexibility index (Phi) is 5.82. The molecule has 1 aromatic carbocycles. The fourth-order valence-corrected chi connectivity index (χ4v) is 8.14. The van der Waals surface area contributed by atoms with Gasteiger partial charge in [-0.05, 0) is 37.1 Å². The molecular weight excluding hydrogens is 454 g/mol. The van der Waals surface area contributed by atoms with Crippen LogP contribution in [0.2, 0.25) is 0 Å². The average molecular weight is 478 g/mol. The molecule has 4 heterocycles. The SMILES string of the molecule is O=C(Cc1ccc(S(=O)(=O)N2CCOCC2)s1)N1CCC[C@@H]1c1nc2ccccc2s1. The Morgan fingerprint density at radius 3 is 2.71 bits per heavy atom. The number of thiazole rings is 1. The van der Waals surface area contributed by atoms with Crippen LogP contribution in [0.3, 0.4) is 0 Å². The van der Waals surface area contributed by atoms with Gasteiger partial charge in [0.25, 0.3) is 10.0 Å². The molecule has 1 amide bonds. The van der Waals surface area contributed by atoms with Gasteiger partial charge in [0.1, 0.15) is 9.22 Å². The molecule has 0 aliphatic carbocycles. The summed E-state index contributed by atoms with van der Waals surface area (Å²) in [7, 11) is -3.53. The number of sulfonamides is 1. The molecule has 3 aromatic rings. The first-order chi connectivity index (χ1) is 15.0. The van der Waals surface area contributed by atoms with E-state index in [1.165, 1.54) is 15.6 Å². The van der Waals surface area contributed by atoms with E-state index in [4.69, 9.17) is 9.72 Å². The second-order valence-corrected chi connectivity index (χ2v) is 12.1. The van der Waals surface area contributed by atoms with E-state index < -0.39 is 10.0 Å². The van der Waals surface area contributed by atoms with Gasteiger partial charge in [0.2, 0.25) is 5.91 Å². The molecule has 2 aliphatic rings. The molecule has 0 radical (unpaired) electrons. The molecule has 0 spiro atoms. The summed E-state index contributed by atoms with van der Waals surface area (Å²) in [6.07, 6.45) is 2.07. The minimum Gasteiger partial charge on any atom is -0.379 e. The number of ether oxygens (including phenoxy) is 1. The van der Waals surface area contributed by atoms with Crippen LogP contribution in [-0.4, -0.2) is 61.4 Å². The van der Waals surface area contributed by atoms with Crippen molar-refractivity contribution in [2.24, 2.45) is 0 Å². The van der Waals surface area contributed by atoms with E-state index in [9.17, 15) is 13.2 Å². The van der Waals surface area contributed by atoms with Crippen LogP contribution in [-0.2, 0) is 26.0 Å². The van der Waals surface area contributed by atoms with E-state index in [0.29, 0.717) is 37.1 Å². The highest BCUT2D eigenvalue weighted by Crippen LogP contribution is 2.37. The van der Waals surface area contributed by atoms with Crippen molar-refractivity contribution < 1.29 is 17.9 Å². The number of carbonyl (C=O) groups excluding carboxylic acids is 1. The smallest absolute Gasteiger partial charge is 0.252 e. The third-order valence-corrected chi connectivity index (χ3v) is 10.3. The third kappa shape index (κ3) is 4.14. The Labute approximate surface area is 189 Å². The molecule has 7 nitrogen and oxygen atoms in total.